The van der Waals surface area contributed by atoms with Crippen molar-refractivity contribution >= 4 is 11.8 Å². The van der Waals surface area contributed by atoms with E-state index in [1.165, 1.54) is 0 Å². The van der Waals surface area contributed by atoms with E-state index >= 15 is 0 Å². The maximum atomic E-state index is 4.56. The zero-order valence-electron chi connectivity index (χ0n) is 11.6. The van der Waals surface area contributed by atoms with Gasteiger partial charge in [-0.3, -0.25) is 4.98 Å². The van der Waals surface area contributed by atoms with Crippen LogP contribution >= 0.6 is 11.8 Å². The lowest BCUT2D eigenvalue weighted by Gasteiger charge is -2.15. The van der Waals surface area contributed by atoms with Gasteiger partial charge in [-0.1, -0.05) is 25.6 Å². The Labute approximate surface area is 118 Å². The summed E-state index contributed by atoms with van der Waals surface area (Å²) in [6.45, 7) is 5.25. The monoisotopic (exact) mass is 276 g/mol. The second-order valence-electron chi connectivity index (χ2n) is 4.36. The van der Waals surface area contributed by atoms with Crippen LogP contribution in [0.15, 0.2) is 40.8 Å². The number of pyridine rings is 1. The molecule has 0 saturated carbocycles. The molecule has 0 aliphatic rings. The number of nitrogens with zero attached hydrogens (tertiary/aromatic N) is 3. The minimum absolute atomic E-state index is 0.345. The summed E-state index contributed by atoms with van der Waals surface area (Å²) in [6, 6.07) is 4.56. The Bertz CT molecular complexity index is 506. The van der Waals surface area contributed by atoms with Gasteiger partial charge in [0.05, 0.1) is 5.69 Å². The molecule has 0 aromatic carbocycles. The summed E-state index contributed by atoms with van der Waals surface area (Å²) in [5.74, 6) is 0. The van der Waals surface area contributed by atoms with Crippen LogP contribution in [0.25, 0.3) is 0 Å². The van der Waals surface area contributed by atoms with Gasteiger partial charge in [0.2, 0.25) is 0 Å². The van der Waals surface area contributed by atoms with Crippen molar-refractivity contribution in [2.24, 2.45) is 7.05 Å². The van der Waals surface area contributed by atoms with Crippen molar-refractivity contribution in [3.8, 4) is 0 Å². The molecule has 5 heteroatoms. The maximum absolute atomic E-state index is 4.56. The Morgan fingerprint density at radius 3 is 2.68 bits per heavy atom. The minimum atomic E-state index is 0.345. The number of aromatic nitrogens is 3. The summed E-state index contributed by atoms with van der Waals surface area (Å²) >= 11 is 1.63. The molecule has 0 fully saturated rings. The van der Waals surface area contributed by atoms with Crippen LogP contribution in [0.2, 0.25) is 0 Å². The highest BCUT2D eigenvalue weighted by molar-refractivity contribution is 7.99. The van der Waals surface area contributed by atoms with Gasteiger partial charge in [0.25, 0.3) is 0 Å². The third-order valence-corrected chi connectivity index (χ3v) is 4.01. The molecule has 1 unspecified atom stereocenters. The molecule has 0 bridgehead atoms. The first-order valence-electron chi connectivity index (χ1n) is 6.59. The van der Waals surface area contributed by atoms with E-state index in [9.17, 15) is 0 Å². The van der Waals surface area contributed by atoms with E-state index in [1.54, 1.807) is 11.8 Å². The van der Waals surface area contributed by atoms with Crippen LogP contribution in [0, 0.1) is 0 Å². The number of nitrogens with one attached hydrogen (secondary N) is 1. The highest BCUT2D eigenvalue weighted by Crippen LogP contribution is 2.26. The van der Waals surface area contributed by atoms with Crippen LogP contribution in [0.1, 0.15) is 32.0 Å². The summed E-state index contributed by atoms with van der Waals surface area (Å²) in [5, 5.41) is 4.42. The summed E-state index contributed by atoms with van der Waals surface area (Å²) in [4.78, 5) is 9.97. The molecule has 102 valence electrons. The largest absolute Gasteiger partial charge is 0.329 e. The van der Waals surface area contributed by atoms with E-state index in [2.05, 4.69) is 41.3 Å². The van der Waals surface area contributed by atoms with Gasteiger partial charge < -0.3 is 9.88 Å². The zero-order valence-corrected chi connectivity index (χ0v) is 12.4. The predicted molar refractivity (Wildman–Crippen MR) is 78.3 cm³/mol. The SMILES string of the molecule is CCNC(CC)c1ccc(Sc2nccn2C)cn1. The molecule has 1 N–H and O–H groups in total. The van der Waals surface area contributed by atoms with Crippen LogP contribution in [-0.4, -0.2) is 21.1 Å². The molecule has 0 saturated heterocycles. The van der Waals surface area contributed by atoms with Gasteiger partial charge in [-0.25, -0.2) is 4.98 Å². The number of hydrogen-bond donors (Lipinski definition) is 1. The van der Waals surface area contributed by atoms with Crippen molar-refractivity contribution in [3.05, 3.63) is 36.4 Å². The van der Waals surface area contributed by atoms with Crippen molar-refractivity contribution < 1.29 is 0 Å². The van der Waals surface area contributed by atoms with Crippen LogP contribution in [-0.2, 0) is 7.05 Å². The molecule has 1 atom stereocenters. The van der Waals surface area contributed by atoms with Crippen LogP contribution in [0.3, 0.4) is 0 Å². The van der Waals surface area contributed by atoms with Crippen LogP contribution in [0.4, 0.5) is 0 Å². The molecule has 19 heavy (non-hydrogen) atoms. The second-order valence-corrected chi connectivity index (χ2v) is 5.40. The van der Waals surface area contributed by atoms with Crippen molar-refractivity contribution in [2.45, 2.75) is 36.4 Å². The van der Waals surface area contributed by atoms with Gasteiger partial charge in [-0.05, 0) is 25.1 Å². The minimum Gasteiger partial charge on any atom is -0.329 e. The van der Waals surface area contributed by atoms with E-state index < -0.39 is 0 Å². The molecule has 2 aromatic heterocycles. The lowest BCUT2D eigenvalue weighted by molar-refractivity contribution is 0.524. The summed E-state index contributed by atoms with van der Waals surface area (Å²) < 4.78 is 2.01. The topological polar surface area (TPSA) is 42.7 Å². The van der Waals surface area contributed by atoms with Crippen molar-refractivity contribution in [1.29, 1.82) is 0 Å². The van der Waals surface area contributed by atoms with E-state index in [-0.39, 0.29) is 0 Å². The van der Waals surface area contributed by atoms with E-state index in [4.69, 9.17) is 0 Å². The number of rotatable bonds is 6. The maximum Gasteiger partial charge on any atom is 0.172 e. The molecule has 4 nitrogen and oxygen atoms in total. The number of aryl methyl sites for hydroxylation is 1. The normalized spacial score (nSPS) is 12.6. The molecule has 2 heterocycles. The van der Waals surface area contributed by atoms with Gasteiger partial charge in [0.1, 0.15) is 0 Å². The van der Waals surface area contributed by atoms with Gasteiger partial charge in [-0.15, -0.1) is 0 Å². The number of imidazole rings is 1. The third-order valence-electron chi connectivity index (χ3n) is 2.96. The Hall–Kier alpha value is -1.33. The fraction of sp³-hybridized carbons (Fsp3) is 0.429. The van der Waals surface area contributed by atoms with Crippen molar-refractivity contribution in [3.63, 3.8) is 0 Å². The van der Waals surface area contributed by atoms with Gasteiger partial charge >= 0.3 is 0 Å². The second kappa shape index (κ2) is 6.73. The highest BCUT2D eigenvalue weighted by atomic mass is 32.2. The molecular formula is C14H20N4S. The molecule has 0 radical (unpaired) electrons. The first kappa shape index (κ1) is 14.1. The van der Waals surface area contributed by atoms with Crippen LogP contribution < -0.4 is 5.32 Å². The van der Waals surface area contributed by atoms with E-state index in [1.807, 2.05) is 30.2 Å². The molecule has 0 spiro atoms. The Morgan fingerprint density at radius 2 is 2.16 bits per heavy atom. The Kier molecular flexibility index (Phi) is 4.99. The van der Waals surface area contributed by atoms with Crippen molar-refractivity contribution in [1.82, 2.24) is 19.9 Å². The lowest BCUT2D eigenvalue weighted by Crippen LogP contribution is -2.20. The summed E-state index contributed by atoms with van der Waals surface area (Å²) in [5.41, 5.74) is 1.11. The van der Waals surface area contributed by atoms with Crippen LogP contribution in [0.5, 0.6) is 0 Å². The molecule has 0 aliphatic carbocycles. The molecule has 2 aromatic rings. The average Bonchev–Trinajstić information content (AvgIpc) is 2.83. The Morgan fingerprint density at radius 1 is 1.32 bits per heavy atom. The molecule has 0 amide bonds. The fourth-order valence-corrected chi connectivity index (χ4v) is 2.69. The molecule has 2 rings (SSSR count). The van der Waals surface area contributed by atoms with Gasteiger partial charge in [0, 0.05) is 36.6 Å². The number of hydrogen-bond acceptors (Lipinski definition) is 4. The van der Waals surface area contributed by atoms with E-state index in [0.29, 0.717) is 6.04 Å². The highest BCUT2D eigenvalue weighted by Gasteiger charge is 2.09. The Balaban J connectivity index is 2.08. The summed E-state index contributed by atoms with van der Waals surface area (Å²) in [7, 11) is 2.00. The van der Waals surface area contributed by atoms with Gasteiger partial charge in [-0.2, -0.15) is 0 Å². The quantitative estimate of drug-likeness (QED) is 0.880. The third kappa shape index (κ3) is 3.58. The van der Waals surface area contributed by atoms with Gasteiger partial charge in [0.15, 0.2) is 5.16 Å². The summed E-state index contributed by atoms with van der Waals surface area (Å²) in [6.07, 6.45) is 6.73. The zero-order chi connectivity index (χ0) is 13.7. The molecular weight excluding hydrogens is 256 g/mol. The first-order valence-corrected chi connectivity index (χ1v) is 7.40. The average molecular weight is 276 g/mol. The predicted octanol–water partition coefficient (Wildman–Crippen LogP) is 3.03. The van der Waals surface area contributed by atoms with E-state index in [0.717, 1.165) is 28.7 Å². The molecule has 0 aliphatic heterocycles. The first-order chi connectivity index (χ1) is 9.24. The lowest BCUT2D eigenvalue weighted by atomic mass is 10.1. The smallest absolute Gasteiger partial charge is 0.172 e. The standard InChI is InChI=1S/C14H20N4S/c1-4-12(15-5-2)13-7-6-11(10-17-13)19-14-16-8-9-18(14)3/h6-10,12,15H,4-5H2,1-3H3. The van der Waals surface area contributed by atoms with Crippen molar-refractivity contribution in [2.75, 3.05) is 6.54 Å². The fourth-order valence-electron chi connectivity index (χ4n) is 1.92.